The Balaban J connectivity index is 1.84. The highest BCUT2D eigenvalue weighted by Crippen LogP contribution is 2.15. The molecule has 1 aromatic rings. The lowest BCUT2D eigenvalue weighted by molar-refractivity contribution is 0.340. The van der Waals surface area contributed by atoms with Gasteiger partial charge in [-0.15, -0.1) is 0 Å². The molecule has 0 aromatic carbocycles. The Morgan fingerprint density at radius 3 is 3.12 bits per heavy atom. The summed E-state index contributed by atoms with van der Waals surface area (Å²) >= 11 is 0. The predicted molar refractivity (Wildman–Crippen MR) is 65.3 cm³/mol. The average Bonchev–Trinajstić information content (AvgIpc) is 2.72. The number of nitrogens with zero attached hydrogens (tertiary/aromatic N) is 2. The van der Waals surface area contributed by atoms with Crippen molar-refractivity contribution >= 4 is 0 Å². The van der Waals surface area contributed by atoms with Gasteiger partial charge in [0, 0.05) is 23.8 Å². The Bertz CT molecular complexity index is 296. The van der Waals surface area contributed by atoms with E-state index in [1.165, 1.54) is 37.9 Å². The first-order valence-electron chi connectivity index (χ1n) is 6.19. The van der Waals surface area contributed by atoms with E-state index >= 15 is 0 Å². The van der Waals surface area contributed by atoms with Crippen molar-refractivity contribution in [2.75, 3.05) is 20.1 Å². The summed E-state index contributed by atoms with van der Waals surface area (Å²) in [6.45, 7) is 4.65. The van der Waals surface area contributed by atoms with E-state index in [9.17, 15) is 0 Å². The quantitative estimate of drug-likeness (QED) is 0.815. The number of H-pyrrole nitrogens is 1. The lowest BCUT2D eigenvalue weighted by Gasteiger charge is -2.21. The molecular weight excluding hydrogens is 200 g/mol. The molecule has 4 heteroatoms. The lowest BCUT2D eigenvalue weighted by atomic mass is 10.1. The Kier molecular flexibility index (Phi) is 3.96. The number of nitrogens with one attached hydrogen (secondary N) is 2. The molecule has 1 fully saturated rings. The van der Waals surface area contributed by atoms with Gasteiger partial charge in [0.2, 0.25) is 0 Å². The van der Waals surface area contributed by atoms with Gasteiger partial charge < -0.3 is 10.2 Å². The molecule has 16 heavy (non-hydrogen) atoms. The normalized spacial score (nSPS) is 25.2. The van der Waals surface area contributed by atoms with E-state index in [2.05, 4.69) is 34.4 Å². The lowest BCUT2D eigenvalue weighted by Crippen LogP contribution is -2.32. The average molecular weight is 222 g/mol. The smallest absolute Gasteiger partial charge is 0.0534 e. The van der Waals surface area contributed by atoms with E-state index in [0.717, 1.165) is 0 Å². The zero-order valence-electron chi connectivity index (χ0n) is 10.2. The van der Waals surface area contributed by atoms with Crippen LogP contribution < -0.4 is 5.32 Å². The molecule has 1 aliphatic heterocycles. The van der Waals surface area contributed by atoms with Crippen LogP contribution in [0.15, 0.2) is 12.4 Å². The van der Waals surface area contributed by atoms with Crippen molar-refractivity contribution < 1.29 is 0 Å². The van der Waals surface area contributed by atoms with Gasteiger partial charge in [-0.1, -0.05) is 0 Å². The molecule has 2 heterocycles. The summed E-state index contributed by atoms with van der Waals surface area (Å²) in [5, 5.41) is 10.6. The zero-order chi connectivity index (χ0) is 11.4. The second-order valence-electron chi connectivity index (χ2n) is 4.85. The van der Waals surface area contributed by atoms with Crippen LogP contribution in [0.25, 0.3) is 0 Å². The molecule has 2 atom stereocenters. The molecule has 2 unspecified atom stereocenters. The highest BCUT2D eigenvalue weighted by molar-refractivity contribution is 5.08. The van der Waals surface area contributed by atoms with Gasteiger partial charge in [0.25, 0.3) is 0 Å². The van der Waals surface area contributed by atoms with Gasteiger partial charge >= 0.3 is 0 Å². The first-order chi connectivity index (χ1) is 7.75. The summed E-state index contributed by atoms with van der Waals surface area (Å²) < 4.78 is 0. The van der Waals surface area contributed by atoms with Crippen molar-refractivity contribution in [2.24, 2.45) is 0 Å². The van der Waals surface area contributed by atoms with E-state index in [1.54, 1.807) is 0 Å². The minimum atomic E-state index is 0.396. The minimum Gasteiger partial charge on any atom is -0.307 e. The third-order valence-corrected chi connectivity index (χ3v) is 3.46. The second-order valence-corrected chi connectivity index (χ2v) is 4.85. The highest BCUT2D eigenvalue weighted by Gasteiger charge is 2.17. The van der Waals surface area contributed by atoms with E-state index < -0.39 is 0 Å². The number of aromatic nitrogens is 2. The van der Waals surface area contributed by atoms with E-state index in [1.807, 2.05) is 12.4 Å². The molecule has 0 amide bonds. The third-order valence-electron chi connectivity index (χ3n) is 3.46. The molecule has 0 bridgehead atoms. The SMILES string of the molecule is CC(NC1CCCN(C)CC1)c1cn[nH]c1. The Hall–Kier alpha value is -0.870. The maximum Gasteiger partial charge on any atom is 0.0534 e. The largest absolute Gasteiger partial charge is 0.307 e. The van der Waals surface area contributed by atoms with Crippen molar-refractivity contribution in [3.63, 3.8) is 0 Å². The standard InChI is InChI=1S/C12H22N4/c1-10(11-8-13-14-9-11)15-12-4-3-6-16(2)7-5-12/h8-10,12,15H,3-7H2,1-2H3,(H,13,14). The highest BCUT2D eigenvalue weighted by atomic mass is 15.1. The maximum absolute atomic E-state index is 3.99. The van der Waals surface area contributed by atoms with Crippen LogP contribution >= 0.6 is 0 Å². The van der Waals surface area contributed by atoms with Crippen LogP contribution in [0.3, 0.4) is 0 Å². The molecule has 1 aliphatic rings. The van der Waals surface area contributed by atoms with Crippen molar-refractivity contribution in [1.82, 2.24) is 20.4 Å². The van der Waals surface area contributed by atoms with Crippen LogP contribution in [0.1, 0.15) is 37.8 Å². The molecule has 90 valence electrons. The summed E-state index contributed by atoms with van der Waals surface area (Å²) in [5.41, 5.74) is 1.25. The molecule has 0 spiro atoms. The maximum atomic E-state index is 3.99. The van der Waals surface area contributed by atoms with Crippen molar-refractivity contribution in [1.29, 1.82) is 0 Å². The van der Waals surface area contributed by atoms with Crippen LogP contribution in [0, 0.1) is 0 Å². The van der Waals surface area contributed by atoms with E-state index in [4.69, 9.17) is 0 Å². The van der Waals surface area contributed by atoms with Crippen LogP contribution in [0.4, 0.5) is 0 Å². The summed E-state index contributed by atoms with van der Waals surface area (Å²) in [7, 11) is 2.21. The summed E-state index contributed by atoms with van der Waals surface area (Å²) in [6.07, 6.45) is 7.71. The van der Waals surface area contributed by atoms with Crippen molar-refractivity contribution in [3.8, 4) is 0 Å². The molecular formula is C12H22N4. The van der Waals surface area contributed by atoms with Gasteiger partial charge in [-0.25, -0.2) is 0 Å². The van der Waals surface area contributed by atoms with Crippen molar-refractivity contribution in [2.45, 2.75) is 38.3 Å². The minimum absolute atomic E-state index is 0.396. The van der Waals surface area contributed by atoms with Crippen LogP contribution in [0.2, 0.25) is 0 Å². The van der Waals surface area contributed by atoms with Crippen LogP contribution in [-0.4, -0.2) is 41.3 Å². The molecule has 1 aromatic heterocycles. The van der Waals surface area contributed by atoms with Gasteiger partial charge in [-0.3, -0.25) is 5.10 Å². The number of hydrogen-bond donors (Lipinski definition) is 2. The summed E-state index contributed by atoms with van der Waals surface area (Å²) in [5.74, 6) is 0. The molecule has 0 aliphatic carbocycles. The predicted octanol–water partition coefficient (Wildman–Crippen LogP) is 1.54. The number of likely N-dealkylation sites (tertiary alicyclic amines) is 1. The van der Waals surface area contributed by atoms with Gasteiger partial charge in [0.1, 0.15) is 0 Å². The molecule has 2 N–H and O–H groups in total. The Labute approximate surface area is 97.4 Å². The fourth-order valence-corrected chi connectivity index (χ4v) is 2.35. The molecule has 2 rings (SSSR count). The van der Waals surface area contributed by atoms with Crippen molar-refractivity contribution in [3.05, 3.63) is 18.0 Å². The van der Waals surface area contributed by atoms with Crippen LogP contribution in [0.5, 0.6) is 0 Å². The zero-order valence-corrected chi connectivity index (χ0v) is 10.2. The van der Waals surface area contributed by atoms with Gasteiger partial charge in [-0.05, 0) is 46.3 Å². The first-order valence-corrected chi connectivity index (χ1v) is 6.19. The fraction of sp³-hybridized carbons (Fsp3) is 0.750. The molecule has 0 saturated carbocycles. The van der Waals surface area contributed by atoms with Gasteiger partial charge in [0.05, 0.1) is 6.20 Å². The second kappa shape index (κ2) is 5.46. The fourth-order valence-electron chi connectivity index (χ4n) is 2.35. The van der Waals surface area contributed by atoms with E-state index in [-0.39, 0.29) is 0 Å². The van der Waals surface area contributed by atoms with E-state index in [0.29, 0.717) is 12.1 Å². The number of rotatable bonds is 3. The Morgan fingerprint density at radius 1 is 1.50 bits per heavy atom. The summed E-state index contributed by atoms with van der Waals surface area (Å²) in [4.78, 5) is 2.42. The number of aromatic amines is 1. The van der Waals surface area contributed by atoms with Crippen LogP contribution in [-0.2, 0) is 0 Å². The monoisotopic (exact) mass is 222 g/mol. The molecule has 1 saturated heterocycles. The topological polar surface area (TPSA) is 44.0 Å². The van der Waals surface area contributed by atoms with Gasteiger partial charge in [-0.2, -0.15) is 5.10 Å². The summed E-state index contributed by atoms with van der Waals surface area (Å²) in [6, 6.07) is 1.04. The number of hydrogen-bond acceptors (Lipinski definition) is 3. The molecule has 4 nitrogen and oxygen atoms in total. The van der Waals surface area contributed by atoms with Gasteiger partial charge in [0.15, 0.2) is 0 Å². The Morgan fingerprint density at radius 2 is 2.38 bits per heavy atom. The third kappa shape index (κ3) is 3.06. The molecule has 0 radical (unpaired) electrons. The first kappa shape index (κ1) is 11.6.